The van der Waals surface area contributed by atoms with E-state index < -0.39 is 12.3 Å². The van der Waals surface area contributed by atoms with Crippen molar-refractivity contribution in [3.8, 4) is 5.75 Å². The van der Waals surface area contributed by atoms with Crippen LogP contribution in [0.4, 0.5) is 19.0 Å². The van der Waals surface area contributed by atoms with Crippen LogP contribution in [0.5, 0.6) is 5.75 Å². The van der Waals surface area contributed by atoms with Crippen LogP contribution in [0.2, 0.25) is 0 Å². The molecule has 0 bridgehead atoms. The molecule has 2 aromatic rings. The lowest BCUT2D eigenvalue weighted by atomic mass is 10.1. The van der Waals surface area contributed by atoms with E-state index >= 15 is 0 Å². The Morgan fingerprint density at radius 1 is 1.14 bits per heavy atom. The zero-order valence-electron chi connectivity index (χ0n) is 15.8. The number of benzene rings is 1. The highest BCUT2D eigenvalue weighted by molar-refractivity contribution is 5.92. The van der Waals surface area contributed by atoms with Gasteiger partial charge in [0.25, 0.3) is 0 Å². The molecule has 154 valence electrons. The fraction of sp³-hybridized carbons (Fsp3) is 0.333. The largest absolute Gasteiger partial charge is 0.573 e. The number of ether oxygens (including phenoxy) is 1. The summed E-state index contributed by atoms with van der Waals surface area (Å²) in [5.41, 5.74) is 1.06. The first-order chi connectivity index (χ1) is 13.9. The number of hydrogen-bond donors (Lipinski definition) is 1. The normalized spacial score (nSPS) is 14.8. The van der Waals surface area contributed by atoms with Crippen molar-refractivity contribution >= 4 is 17.8 Å². The number of nitrogens with zero attached hydrogens (tertiary/aromatic N) is 2. The van der Waals surface area contributed by atoms with E-state index in [-0.39, 0.29) is 17.9 Å². The van der Waals surface area contributed by atoms with Crippen molar-refractivity contribution in [3.63, 3.8) is 0 Å². The van der Waals surface area contributed by atoms with Crippen LogP contribution >= 0.6 is 0 Å². The van der Waals surface area contributed by atoms with Crippen molar-refractivity contribution in [2.75, 3.05) is 18.0 Å². The van der Waals surface area contributed by atoms with Crippen LogP contribution in [-0.4, -0.2) is 30.3 Å². The minimum absolute atomic E-state index is 0.162. The maximum atomic E-state index is 12.5. The van der Waals surface area contributed by atoms with Crippen LogP contribution in [0.25, 0.3) is 6.08 Å². The van der Waals surface area contributed by atoms with Crippen molar-refractivity contribution in [1.82, 2.24) is 10.3 Å². The van der Waals surface area contributed by atoms with Gasteiger partial charge in [-0.05, 0) is 37.5 Å². The van der Waals surface area contributed by atoms with Crippen LogP contribution < -0.4 is 15.0 Å². The summed E-state index contributed by atoms with van der Waals surface area (Å²) in [7, 11) is 0. The molecule has 0 saturated carbocycles. The van der Waals surface area contributed by atoms with Gasteiger partial charge in [0, 0.05) is 43.0 Å². The van der Waals surface area contributed by atoms with Gasteiger partial charge in [0.15, 0.2) is 0 Å². The molecular weight excluding hydrogens is 383 g/mol. The van der Waals surface area contributed by atoms with Gasteiger partial charge < -0.3 is 15.0 Å². The molecule has 1 fully saturated rings. The third-order valence-electron chi connectivity index (χ3n) is 4.54. The molecule has 1 aliphatic heterocycles. The number of anilines is 1. The molecule has 8 heteroatoms. The number of carbonyl (C=O) groups is 1. The molecule has 2 heterocycles. The molecule has 1 amide bonds. The number of aromatic nitrogens is 1. The first-order valence-corrected chi connectivity index (χ1v) is 9.42. The smallest absolute Gasteiger partial charge is 0.405 e. The number of nitrogens with one attached hydrogen (secondary N) is 1. The second-order valence-electron chi connectivity index (χ2n) is 6.67. The highest BCUT2D eigenvalue weighted by Gasteiger charge is 2.31. The van der Waals surface area contributed by atoms with Gasteiger partial charge in [-0.3, -0.25) is 4.79 Å². The van der Waals surface area contributed by atoms with Gasteiger partial charge >= 0.3 is 6.36 Å². The predicted octanol–water partition coefficient (Wildman–Crippen LogP) is 4.30. The van der Waals surface area contributed by atoms with Gasteiger partial charge in [-0.15, -0.1) is 13.2 Å². The lowest BCUT2D eigenvalue weighted by Gasteiger charge is -2.29. The summed E-state index contributed by atoms with van der Waals surface area (Å²) in [4.78, 5) is 18.8. The molecule has 0 atom stereocenters. The zero-order chi connectivity index (χ0) is 20.7. The number of carbonyl (C=O) groups excluding carboxylic acids is 1. The fourth-order valence-corrected chi connectivity index (χ4v) is 3.20. The van der Waals surface area contributed by atoms with Gasteiger partial charge in [0.1, 0.15) is 11.6 Å². The number of piperidine rings is 1. The van der Waals surface area contributed by atoms with E-state index in [0.717, 1.165) is 37.3 Å². The SMILES string of the molecule is O=C(/C=C/c1ccccc1OC(F)(F)F)NCc1cccnc1N1CCCCC1. The van der Waals surface area contributed by atoms with E-state index in [0.29, 0.717) is 0 Å². The summed E-state index contributed by atoms with van der Waals surface area (Å²) in [5.74, 6) is 0.0874. The van der Waals surface area contributed by atoms with Gasteiger partial charge in [-0.1, -0.05) is 24.3 Å². The molecule has 1 aromatic heterocycles. The molecular formula is C21H22F3N3O2. The Labute approximate surface area is 167 Å². The highest BCUT2D eigenvalue weighted by Crippen LogP contribution is 2.27. The average Bonchev–Trinajstić information content (AvgIpc) is 2.71. The summed E-state index contributed by atoms with van der Waals surface area (Å²) in [5, 5.41) is 2.76. The molecule has 0 aliphatic carbocycles. The van der Waals surface area contributed by atoms with Crippen molar-refractivity contribution in [1.29, 1.82) is 0 Å². The Bertz CT molecular complexity index is 862. The molecule has 1 aliphatic rings. The predicted molar refractivity (Wildman–Crippen MR) is 104 cm³/mol. The molecule has 29 heavy (non-hydrogen) atoms. The number of pyridine rings is 1. The summed E-state index contributed by atoms with van der Waals surface area (Å²) >= 11 is 0. The second-order valence-corrected chi connectivity index (χ2v) is 6.67. The summed E-state index contributed by atoms with van der Waals surface area (Å²) in [6.45, 7) is 2.16. The zero-order valence-corrected chi connectivity index (χ0v) is 15.8. The van der Waals surface area contributed by atoms with Crippen LogP contribution in [0.1, 0.15) is 30.4 Å². The van der Waals surface area contributed by atoms with E-state index in [4.69, 9.17) is 0 Å². The van der Waals surface area contributed by atoms with Crippen LogP contribution in [0.15, 0.2) is 48.7 Å². The van der Waals surface area contributed by atoms with Crippen LogP contribution in [0, 0.1) is 0 Å². The summed E-state index contributed by atoms with van der Waals surface area (Å²) in [6.07, 6.45) is 2.86. The first kappa shape index (κ1) is 20.7. The van der Waals surface area contributed by atoms with E-state index in [1.54, 1.807) is 12.3 Å². The van der Waals surface area contributed by atoms with E-state index in [1.807, 2.05) is 12.1 Å². The molecule has 3 rings (SSSR count). The lowest BCUT2D eigenvalue weighted by molar-refractivity contribution is -0.274. The fourth-order valence-electron chi connectivity index (χ4n) is 3.20. The Morgan fingerprint density at radius 3 is 2.66 bits per heavy atom. The van der Waals surface area contributed by atoms with Crippen molar-refractivity contribution in [3.05, 3.63) is 59.8 Å². The third-order valence-corrected chi connectivity index (χ3v) is 4.54. The summed E-state index contributed by atoms with van der Waals surface area (Å²) < 4.78 is 41.4. The lowest BCUT2D eigenvalue weighted by Crippen LogP contribution is -2.32. The maximum absolute atomic E-state index is 12.5. The average molecular weight is 405 g/mol. The van der Waals surface area contributed by atoms with E-state index in [9.17, 15) is 18.0 Å². The quantitative estimate of drug-likeness (QED) is 0.728. The number of para-hydroxylation sites is 1. The Balaban J connectivity index is 1.63. The number of amides is 1. The minimum atomic E-state index is -4.79. The van der Waals surface area contributed by atoms with Crippen LogP contribution in [0.3, 0.4) is 0 Å². The molecule has 5 nitrogen and oxygen atoms in total. The van der Waals surface area contributed by atoms with Gasteiger partial charge in [-0.25, -0.2) is 4.98 Å². The molecule has 0 spiro atoms. The van der Waals surface area contributed by atoms with Gasteiger partial charge in [0.2, 0.25) is 5.91 Å². The minimum Gasteiger partial charge on any atom is -0.405 e. The van der Waals surface area contributed by atoms with Crippen molar-refractivity contribution in [2.45, 2.75) is 32.2 Å². The van der Waals surface area contributed by atoms with E-state index in [1.165, 1.54) is 36.8 Å². The molecule has 1 N–H and O–H groups in total. The van der Waals surface area contributed by atoms with Crippen molar-refractivity contribution in [2.24, 2.45) is 0 Å². The Hall–Kier alpha value is -3.03. The van der Waals surface area contributed by atoms with Crippen LogP contribution in [-0.2, 0) is 11.3 Å². The Morgan fingerprint density at radius 2 is 1.90 bits per heavy atom. The first-order valence-electron chi connectivity index (χ1n) is 9.42. The molecule has 1 aromatic carbocycles. The third kappa shape index (κ3) is 6.23. The molecule has 0 unspecified atom stereocenters. The topological polar surface area (TPSA) is 54.5 Å². The molecule has 1 saturated heterocycles. The number of alkyl halides is 3. The monoisotopic (exact) mass is 405 g/mol. The number of hydrogen-bond acceptors (Lipinski definition) is 4. The maximum Gasteiger partial charge on any atom is 0.573 e. The highest BCUT2D eigenvalue weighted by atomic mass is 19.4. The number of rotatable bonds is 6. The second kappa shape index (κ2) is 9.45. The van der Waals surface area contributed by atoms with Gasteiger partial charge in [0.05, 0.1) is 0 Å². The summed E-state index contributed by atoms with van der Waals surface area (Å²) in [6, 6.07) is 9.37. The van der Waals surface area contributed by atoms with Gasteiger partial charge in [-0.2, -0.15) is 0 Å². The standard InChI is InChI=1S/C21H22F3N3O2/c22-21(23,24)29-18-9-3-2-7-16(18)10-11-19(28)26-15-17-8-6-12-25-20(17)27-13-4-1-5-14-27/h2-3,6-12H,1,4-5,13-15H2,(H,26,28)/b11-10+. The number of halogens is 3. The Kier molecular flexibility index (Phi) is 6.74. The molecule has 0 radical (unpaired) electrons. The van der Waals surface area contributed by atoms with Crippen molar-refractivity contribution < 1.29 is 22.7 Å². The van der Waals surface area contributed by atoms with E-state index in [2.05, 4.69) is 19.9 Å².